The average Bonchev–Trinajstić information content (AvgIpc) is 3.01. The molecule has 2 heterocycles. The molecule has 0 bridgehead atoms. The summed E-state index contributed by atoms with van der Waals surface area (Å²) >= 11 is 0. The van der Waals surface area contributed by atoms with Crippen molar-refractivity contribution in [3.05, 3.63) is 11.7 Å². The summed E-state index contributed by atoms with van der Waals surface area (Å²) < 4.78 is 11.1. The molecule has 5 heteroatoms. The Morgan fingerprint density at radius 1 is 1.22 bits per heavy atom. The maximum Gasteiger partial charge on any atom is 0.228 e. The van der Waals surface area contributed by atoms with Gasteiger partial charge in [-0.15, -0.1) is 0 Å². The topological polar surface area (TPSA) is 74.2 Å². The van der Waals surface area contributed by atoms with Crippen LogP contribution < -0.4 is 5.73 Å². The zero-order valence-electron chi connectivity index (χ0n) is 10.9. The van der Waals surface area contributed by atoms with Gasteiger partial charge in [-0.05, 0) is 32.6 Å². The van der Waals surface area contributed by atoms with E-state index < -0.39 is 0 Å². The SMILES string of the molecule is CC1(c2noc(CC3(N)CCCC3)n2)CCCO1. The van der Waals surface area contributed by atoms with Crippen LogP contribution in [0.3, 0.4) is 0 Å². The lowest BCUT2D eigenvalue weighted by Gasteiger charge is -2.21. The van der Waals surface area contributed by atoms with Gasteiger partial charge in [-0.1, -0.05) is 18.0 Å². The predicted molar refractivity (Wildman–Crippen MR) is 65.9 cm³/mol. The zero-order valence-corrected chi connectivity index (χ0v) is 10.9. The van der Waals surface area contributed by atoms with Gasteiger partial charge in [0.1, 0.15) is 5.60 Å². The number of ether oxygens (including phenoxy) is 1. The second-order valence-corrected chi connectivity index (χ2v) is 5.94. The van der Waals surface area contributed by atoms with Gasteiger partial charge in [-0.3, -0.25) is 0 Å². The third-order valence-electron chi connectivity index (χ3n) is 4.26. The molecule has 0 amide bonds. The largest absolute Gasteiger partial charge is 0.367 e. The quantitative estimate of drug-likeness (QED) is 0.888. The molecule has 0 spiro atoms. The van der Waals surface area contributed by atoms with Crippen molar-refractivity contribution in [2.24, 2.45) is 5.73 Å². The predicted octanol–water partition coefficient (Wildman–Crippen LogP) is 1.91. The lowest BCUT2D eigenvalue weighted by atomic mass is 9.95. The molecule has 2 fully saturated rings. The van der Waals surface area contributed by atoms with Gasteiger partial charge in [0.05, 0.1) is 0 Å². The van der Waals surface area contributed by atoms with E-state index in [0.29, 0.717) is 18.1 Å². The van der Waals surface area contributed by atoms with Crippen LogP contribution in [-0.4, -0.2) is 22.3 Å². The van der Waals surface area contributed by atoms with E-state index in [2.05, 4.69) is 10.1 Å². The molecule has 1 aromatic heterocycles. The molecule has 1 unspecified atom stereocenters. The molecule has 1 aliphatic carbocycles. The summed E-state index contributed by atoms with van der Waals surface area (Å²) in [6.45, 7) is 2.81. The first kappa shape index (κ1) is 12.1. The fourth-order valence-corrected chi connectivity index (χ4v) is 3.05. The number of aromatic nitrogens is 2. The van der Waals surface area contributed by atoms with E-state index in [0.717, 1.165) is 32.3 Å². The molecule has 3 rings (SSSR count). The van der Waals surface area contributed by atoms with E-state index >= 15 is 0 Å². The van der Waals surface area contributed by atoms with E-state index in [-0.39, 0.29) is 11.1 Å². The molecule has 100 valence electrons. The lowest BCUT2D eigenvalue weighted by Crippen LogP contribution is -2.38. The van der Waals surface area contributed by atoms with Gasteiger partial charge in [0.15, 0.2) is 0 Å². The summed E-state index contributed by atoms with van der Waals surface area (Å²) in [6, 6.07) is 0. The Morgan fingerprint density at radius 3 is 2.67 bits per heavy atom. The minimum atomic E-state index is -0.362. The van der Waals surface area contributed by atoms with Crippen molar-refractivity contribution in [2.45, 2.75) is 63.0 Å². The second kappa shape index (κ2) is 4.31. The maximum atomic E-state index is 6.33. The number of nitrogens with two attached hydrogens (primary N) is 1. The van der Waals surface area contributed by atoms with Crippen LogP contribution in [0.15, 0.2) is 4.52 Å². The molecule has 1 aliphatic heterocycles. The van der Waals surface area contributed by atoms with Crippen LogP contribution in [0.5, 0.6) is 0 Å². The molecule has 0 aromatic carbocycles. The molecule has 1 saturated carbocycles. The summed E-state index contributed by atoms with van der Waals surface area (Å²) in [5.74, 6) is 1.34. The van der Waals surface area contributed by atoms with Gasteiger partial charge in [-0.25, -0.2) is 0 Å². The highest BCUT2D eigenvalue weighted by atomic mass is 16.5. The van der Waals surface area contributed by atoms with Crippen molar-refractivity contribution < 1.29 is 9.26 Å². The Morgan fingerprint density at radius 2 is 2.00 bits per heavy atom. The highest BCUT2D eigenvalue weighted by molar-refractivity contribution is 5.04. The Balaban J connectivity index is 1.73. The molecule has 5 nitrogen and oxygen atoms in total. The number of nitrogens with zero attached hydrogens (tertiary/aromatic N) is 2. The van der Waals surface area contributed by atoms with Crippen LogP contribution in [0.25, 0.3) is 0 Å². The van der Waals surface area contributed by atoms with Crippen molar-refractivity contribution in [3.63, 3.8) is 0 Å². The molecule has 2 aliphatic rings. The summed E-state index contributed by atoms with van der Waals surface area (Å²) in [7, 11) is 0. The molecule has 0 radical (unpaired) electrons. The van der Waals surface area contributed by atoms with E-state index in [1.165, 1.54) is 12.8 Å². The first-order valence-corrected chi connectivity index (χ1v) is 6.86. The Labute approximate surface area is 107 Å². The van der Waals surface area contributed by atoms with Crippen LogP contribution in [-0.2, 0) is 16.8 Å². The molecule has 18 heavy (non-hydrogen) atoms. The Hall–Kier alpha value is -0.940. The second-order valence-electron chi connectivity index (χ2n) is 5.94. The molecular formula is C13H21N3O2. The molecule has 1 atom stereocenters. The van der Waals surface area contributed by atoms with Gasteiger partial charge < -0.3 is 15.0 Å². The molecule has 2 N–H and O–H groups in total. The first-order valence-electron chi connectivity index (χ1n) is 6.86. The van der Waals surface area contributed by atoms with Crippen molar-refractivity contribution in [1.29, 1.82) is 0 Å². The van der Waals surface area contributed by atoms with Gasteiger partial charge in [0.25, 0.3) is 0 Å². The van der Waals surface area contributed by atoms with Crippen molar-refractivity contribution in [2.75, 3.05) is 6.61 Å². The first-order chi connectivity index (χ1) is 8.60. The summed E-state index contributed by atoms with van der Waals surface area (Å²) in [5.41, 5.74) is 5.83. The standard InChI is InChI=1S/C13H21N3O2/c1-12(5-4-8-17-12)11-15-10(18-16-11)9-13(14)6-2-3-7-13/h2-9,14H2,1H3. The summed E-state index contributed by atoms with van der Waals surface area (Å²) in [5, 5.41) is 4.08. The summed E-state index contributed by atoms with van der Waals surface area (Å²) in [6.07, 6.45) is 7.23. The van der Waals surface area contributed by atoms with Crippen LogP contribution in [0.4, 0.5) is 0 Å². The van der Waals surface area contributed by atoms with Crippen molar-refractivity contribution >= 4 is 0 Å². The fraction of sp³-hybridized carbons (Fsp3) is 0.846. The highest BCUT2D eigenvalue weighted by Crippen LogP contribution is 2.35. The normalized spacial score (nSPS) is 31.0. The number of hydrogen-bond acceptors (Lipinski definition) is 5. The minimum Gasteiger partial charge on any atom is -0.367 e. The molecule has 1 aromatic rings. The van der Waals surface area contributed by atoms with Gasteiger partial charge in [0.2, 0.25) is 11.7 Å². The fourth-order valence-electron chi connectivity index (χ4n) is 3.05. The molecular weight excluding hydrogens is 230 g/mol. The monoisotopic (exact) mass is 251 g/mol. The van der Waals surface area contributed by atoms with Crippen LogP contribution >= 0.6 is 0 Å². The van der Waals surface area contributed by atoms with Crippen molar-refractivity contribution in [3.8, 4) is 0 Å². The van der Waals surface area contributed by atoms with Gasteiger partial charge in [-0.2, -0.15) is 4.98 Å². The highest BCUT2D eigenvalue weighted by Gasteiger charge is 2.38. The average molecular weight is 251 g/mol. The minimum absolute atomic E-state index is 0.138. The smallest absolute Gasteiger partial charge is 0.228 e. The zero-order chi connectivity index (χ0) is 12.6. The van der Waals surface area contributed by atoms with E-state index in [1.54, 1.807) is 0 Å². The van der Waals surface area contributed by atoms with Crippen LogP contribution in [0, 0.1) is 0 Å². The van der Waals surface area contributed by atoms with E-state index in [9.17, 15) is 0 Å². The summed E-state index contributed by atoms with van der Waals surface area (Å²) in [4.78, 5) is 4.49. The van der Waals surface area contributed by atoms with Gasteiger partial charge in [0, 0.05) is 18.6 Å². The van der Waals surface area contributed by atoms with Crippen LogP contribution in [0.2, 0.25) is 0 Å². The number of rotatable bonds is 3. The van der Waals surface area contributed by atoms with Gasteiger partial charge >= 0.3 is 0 Å². The lowest BCUT2D eigenvalue weighted by molar-refractivity contribution is 0.00768. The Bertz CT molecular complexity index is 418. The number of hydrogen-bond donors (Lipinski definition) is 1. The van der Waals surface area contributed by atoms with E-state index in [4.69, 9.17) is 15.0 Å². The Kier molecular flexibility index (Phi) is 2.90. The van der Waals surface area contributed by atoms with Crippen LogP contribution in [0.1, 0.15) is 57.2 Å². The third-order valence-corrected chi connectivity index (χ3v) is 4.26. The van der Waals surface area contributed by atoms with E-state index in [1.807, 2.05) is 6.92 Å². The third kappa shape index (κ3) is 2.17. The molecule has 1 saturated heterocycles. The van der Waals surface area contributed by atoms with Crippen molar-refractivity contribution in [1.82, 2.24) is 10.1 Å². The maximum absolute atomic E-state index is 6.33.